The first-order chi connectivity index (χ1) is 14.7. The van der Waals surface area contributed by atoms with Gasteiger partial charge in [-0.2, -0.15) is 0 Å². The number of aryl methyl sites for hydroxylation is 2. The summed E-state index contributed by atoms with van der Waals surface area (Å²) in [6, 6.07) is 26.3. The minimum absolute atomic E-state index is 0.921. The summed E-state index contributed by atoms with van der Waals surface area (Å²) in [6.45, 7) is 8.12. The predicted octanol–water partition coefficient (Wildman–Crippen LogP) is 6.07. The van der Waals surface area contributed by atoms with Crippen LogP contribution in [0.5, 0.6) is 0 Å². The van der Waals surface area contributed by atoms with Crippen LogP contribution < -0.4 is 10.6 Å². The van der Waals surface area contributed by atoms with Crippen molar-refractivity contribution in [2.75, 3.05) is 24.6 Å². The number of hydrogen-bond donors (Lipinski definition) is 2. The smallest absolute Gasteiger partial charge is 0.0209 e. The lowest BCUT2D eigenvalue weighted by molar-refractivity contribution is 0.694. The monoisotopic (exact) mass is 436 g/mol. The van der Waals surface area contributed by atoms with Crippen LogP contribution in [-0.2, 0) is 13.1 Å². The maximum Gasteiger partial charge on any atom is 0.0209 e. The molecule has 0 spiro atoms. The van der Waals surface area contributed by atoms with Crippen LogP contribution in [0.3, 0.4) is 0 Å². The van der Waals surface area contributed by atoms with E-state index in [0.717, 1.165) is 37.7 Å². The van der Waals surface area contributed by atoms with E-state index in [-0.39, 0.29) is 0 Å². The van der Waals surface area contributed by atoms with E-state index in [2.05, 4.69) is 97.3 Å². The molecule has 30 heavy (non-hydrogen) atoms. The van der Waals surface area contributed by atoms with Gasteiger partial charge in [-0.05, 0) is 49.2 Å². The van der Waals surface area contributed by atoms with Crippen molar-refractivity contribution in [2.24, 2.45) is 0 Å². The lowest BCUT2D eigenvalue weighted by atomic mass is 10.1. The van der Waals surface area contributed by atoms with Gasteiger partial charge in [0.2, 0.25) is 0 Å². The van der Waals surface area contributed by atoms with E-state index in [4.69, 9.17) is 0 Å². The fourth-order valence-corrected chi connectivity index (χ4v) is 4.72. The molecule has 3 rings (SSSR count). The van der Waals surface area contributed by atoms with E-state index in [0.29, 0.717) is 0 Å². The second kappa shape index (κ2) is 12.9. The molecule has 0 fully saturated rings. The van der Waals surface area contributed by atoms with E-state index in [1.807, 2.05) is 23.5 Å². The largest absolute Gasteiger partial charge is 0.312 e. The van der Waals surface area contributed by atoms with Crippen LogP contribution in [0.4, 0.5) is 0 Å². The normalized spacial score (nSPS) is 11.0. The van der Waals surface area contributed by atoms with Crippen molar-refractivity contribution >= 4 is 23.5 Å². The highest BCUT2D eigenvalue weighted by Crippen LogP contribution is 2.18. The van der Waals surface area contributed by atoms with Gasteiger partial charge in [-0.15, -0.1) is 23.5 Å². The summed E-state index contributed by atoms with van der Waals surface area (Å²) in [5, 5.41) is 7.20. The highest BCUT2D eigenvalue weighted by atomic mass is 32.2. The summed E-state index contributed by atoms with van der Waals surface area (Å²) in [5.74, 6) is 2.17. The van der Waals surface area contributed by atoms with Crippen molar-refractivity contribution in [1.29, 1.82) is 0 Å². The summed E-state index contributed by atoms with van der Waals surface area (Å²) in [5.41, 5.74) is 5.40. The van der Waals surface area contributed by atoms with E-state index in [1.165, 1.54) is 32.0 Å². The average Bonchev–Trinajstić information content (AvgIpc) is 2.77. The molecule has 0 aliphatic rings. The molecule has 0 bridgehead atoms. The Bertz CT molecular complexity index is 802. The molecule has 0 radical (unpaired) electrons. The van der Waals surface area contributed by atoms with Crippen molar-refractivity contribution < 1.29 is 0 Å². The Morgan fingerprint density at radius 3 is 1.37 bits per heavy atom. The van der Waals surface area contributed by atoms with Gasteiger partial charge in [-0.1, -0.05) is 59.7 Å². The number of rotatable bonds is 12. The molecule has 2 N–H and O–H groups in total. The van der Waals surface area contributed by atoms with Crippen molar-refractivity contribution in [2.45, 2.75) is 36.7 Å². The molecular weight excluding hydrogens is 404 g/mol. The van der Waals surface area contributed by atoms with Crippen LogP contribution in [0.2, 0.25) is 0 Å². The van der Waals surface area contributed by atoms with Gasteiger partial charge in [0.05, 0.1) is 0 Å². The van der Waals surface area contributed by atoms with Crippen LogP contribution in [-0.4, -0.2) is 24.6 Å². The maximum atomic E-state index is 3.60. The van der Waals surface area contributed by atoms with Crippen molar-refractivity contribution in [3.05, 3.63) is 95.1 Å². The molecule has 3 aromatic carbocycles. The molecular formula is C26H32N2S2. The summed E-state index contributed by atoms with van der Waals surface area (Å²) in [7, 11) is 0. The standard InChI is InChI=1S/C26H32N2S2/c1-21-7-11-25(12-8-21)29-17-15-27-19-23-5-3-4-6-24(23)20-28-16-18-30-26-13-9-22(2)10-14-26/h3-14,27-28H,15-20H2,1-2H3. The van der Waals surface area contributed by atoms with Crippen LogP contribution in [0.25, 0.3) is 0 Å². The number of nitrogens with one attached hydrogen (secondary N) is 2. The molecule has 0 atom stereocenters. The van der Waals surface area contributed by atoms with Crippen molar-refractivity contribution in [1.82, 2.24) is 10.6 Å². The third-order valence-corrected chi connectivity index (χ3v) is 6.91. The molecule has 2 nitrogen and oxygen atoms in total. The molecule has 0 aliphatic heterocycles. The summed E-state index contributed by atoms with van der Waals surface area (Å²) in [4.78, 5) is 2.69. The van der Waals surface area contributed by atoms with Gasteiger partial charge >= 0.3 is 0 Å². The molecule has 158 valence electrons. The second-order valence-corrected chi connectivity index (χ2v) is 9.78. The van der Waals surface area contributed by atoms with Gasteiger partial charge in [0.1, 0.15) is 0 Å². The molecule has 0 saturated carbocycles. The van der Waals surface area contributed by atoms with Crippen LogP contribution >= 0.6 is 23.5 Å². The molecule has 0 heterocycles. The fraction of sp³-hybridized carbons (Fsp3) is 0.308. The average molecular weight is 437 g/mol. The zero-order valence-electron chi connectivity index (χ0n) is 18.0. The SMILES string of the molecule is Cc1ccc(SCCNCc2ccccc2CNCCSc2ccc(C)cc2)cc1. The first-order valence-electron chi connectivity index (χ1n) is 10.6. The van der Waals surface area contributed by atoms with E-state index >= 15 is 0 Å². The molecule has 4 heteroatoms. The van der Waals surface area contributed by atoms with Crippen molar-refractivity contribution in [3.8, 4) is 0 Å². The Balaban J connectivity index is 1.33. The van der Waals surface area contributed by atoms with Gasteiger partial charge in [0, 0.05) is 47.5 Å². The van der Waals surface area contributed by atoms with Gasteiger partial charge in [0.25, 0.3) is 0 Å². The number of hydrogen-bond acceptors (Lipinski definition) is 4. The lowest BCUT2D eigenvalue weighted by Gasteiger charge is -2.12. The third kappa shape index (κ3) is 8.19. The van der Waals surface area contributed by atoms with E-state index in [9.17, 15) is 0 Å². The quantitative estimate of drug-likeness (QED) is 0.266. The Morgan fingerprint density at radius 2 is 0.967 bits per heavy atom. The van der Waals surface area contributed by atoms with Gasteiger partial charge in [-0.25, -0.2) is 0 Å². The topological polar surface area (TPSA) is 24.1 Å². The Morgan fingerprint density at radius 1 is 0.567 bits per heavy atom. The Hall–Kier alpha value is -1.72. The lowest BCUT2D eigenvalue weighted by Crippen LogP contribution is -2.21. The fourth-order valence-electron chi connectivity index (χ4n) is 3.10. The molecule has 0 unspecified atom stereocenters. The highest BCUT2D eigenvalue weighted by molar-refractivity contribution is 7.99. The predicted molar refractivity (Wildman–Crippen MR) is 134 cm³/mol. The summed E-state index contributed by atoms with van der Waals surface area (Å²) in [6.07, 6.45) is 0. The van der Waals surface area contributed by atoms with E-state index in [1.54, 1.807) is 0 Å². The molecule has 0 aliphatic carbocycles. The second-order valence-electron chi connectivity index (χ2n) is 7.45. The minimum atomic E-state index is 0.921. The number of thioether (sulfide) groups is 2. The van der Waals surface area contributed by atoms with Crippen LogP contribution in [0.1, 0.15) is 22.3 Å². The maximum absolute atomic E-state index is 3.60. The van der Waals surface area contributed by atoms with Crippen LogP contribution in [0, 0.1) is 13.8 Å². The summed E-state index contributed by atoms with van der Waals surface area (Å²) < 4.78 is 0. The molecule has 0 amide bonds. The molecule has 0 aromatic heterocycles. The van der Waals surface area contributed by atoms with Crippen LogP contribution in [0.15, 0.2) is 82.6 Å². The zero-order chi connectivity index (χ0) is 21.0. The number of benzene rings is 3. The minimum Gasteiger partial charge on any atom is -0.312 e. The van der Waals surface area contributed by atoms with Gasteiger partial charge in [-0.3, -0.25) is 0 Å². The first-order valence-corrected chi connectivity index (χ1v) is 12.5. The first kappa shape index (κ1) is 23.0. The zero-order valence-corrected chi connectivity index (χ0v) is 19.6. The Labute approximate surface area is 190 Å². The Kier molecular flexibility index (Phi) is 9.84. The van der Waals surface area contributed by atoms with E-state index < -0.39 is 0 Å². The summed E-state index contributed by atoms with van der Waals surface area (Å²) >= 11 is 3.82. The van der Waals surface area contributed by atoms with Crippen molar-refractivity contribution in [3.63, 3.8) is 0 Å². The third-order valence-electron chi connectivity index (χ3n) is 4.89. The molecule has 3 aromatic rings. The van der Waals surface area contributed by atoms with Gasteiger partial charge in [0.15, 0.2) is 0 Å². The van der Waals surface area contributed by atoms with Gasteiger partial charge < -0.3 is 10.6 Å². The highest BCUT2D eigenvalue weighted by Gasteiger charge is 2.02. The molecule has 0 saturated heterocycles.